The zero-order valence-corrected chi connectivity index (χ0v) is 12.4. The SMILES string of the molecule is COc1cccc2cc([C@@H](C)NC(=O)c3ccncc3)oc12. The zero-order valence-electron chi connectivity index (χ0n) is 12.4. The number of ether oxygens (including phenoxy) is 1. The van der Waals surface area contributed by atoms with Gasteiger partial charge in [0.2, 0.25) is 0 Å². The standard InChI is InChI=1S/C17H16N2O3/c1-11(19-17(20)12-6-8-18-9-7-12)15-10-13-4-3-5-14(21-2)16(13)22-15/h3-11H,1-2H3,(H,19,20)/t11-/m1/s1. The van der Waals surface area contributed by atoms with E-state index >= 15 is 0 Å². The Balaban J connectivity index is 1.83. The van der Waals surface area contributed by atoms with Gasteiger partial charge in [0.05, 0.1) is 13.2 Å². The molecule has 22 heavy (non-hydrogen) atoms. The number of amides is 1. The molecule has 0 radical (unpaired) electrons. The molecule has 1 amide bonds. The second kappa shape index (κ2) is 5.89. The lowest BCUT2D eigenvalue weighted by Gasteiger charge is -2.11. The minimum Gasteiger partial charge on any atom is -0.493 e. The first-order valence-corrected chi connectivity index (χ1v) is 6.96. The summed E-state index contributed by atoms with van der Waals surface area (Å²) in [5, 5.41) is 3.85. The lowest BCUT2D eigenvalue weighted by atomic mass is 10.2. The third-order valence-corrected chi connectivity index (χ3v) is 3.46. The summed E-state index contributed by atoms with van der Waals surface area (Å²) >= 11 is 0. The van der Waals surface area contributed by atoms with Crippen molar-refractivity contribution in [2.45, 2.75) is 13.0 Å². The van der Waals surface area contributed by atoms with E-state index in [9.17, 15) is 4.79 Å². The normalized spacial score (nSPS) is 12.1. The van der Waals surface area contributed by atoms with Crippen LogP contribution in [0.3, 0.4) is 0 Å². The smallest absolute Gasteiger partial charge is 0.251 e. The van der Waals surface area contributed by atoms with Crippen LogP contribution >= 0.6 is 0 Å². The first kappa shape index (κ1) is 14.1. The lowest BCUT2D eigenvalue weighted by Crippen LogP contribution is -2.26. The summed E-state index contributed by atoms with van der Waals surface area (Å²) in [4.78, 5) is 16.1. The van der Waals surface area contributed by atoms with E-state index in [0.717, 1.165) is 5.39 Å². The Bertz CT molecular complexity index is 796. The van der Waals surface area contributed by atoms with E-state index < -0.39 is 0 Å². The molecule has 0 aliphatic heterocycles. The van der Waals surface area contributed by atoms with Crippen LogP contribution in [0.4, 0.5) is 0 Å². The van der Waals surface area contributed by atoms with E-state index in [-0.39, 0.29) is 11.9 Å². The van der Waals surface area contributed by atoms with Crippen molar-refractivity contribution < 1.29 is 13.9 Å². The van der Waals surface area contributed by atoms with Crippen molar-refractivity contribution in [2.24, 2.45) is 0 Å². The number of carbonyl (C=O) groups is 1. The minimum atomic E-state index is -0.252. The Morgan fingerprint density at radius 2 is 2.05 bits per heavy atom. The highest BCUT2D eigenvalue weighted by atomic mass is 16.5. The molecule has 3 rings (SSSR count). The highest BCUT2D eigenvalue weighted by Crippen LogP contribution is 2.30. The van der Waals surface area contributed by atoms with Gasteiger partial charge in [-0.05, 0) is 31.2 Å². The Labute approximate surface area is 127 Å². The molecule has 5 nitrogen and oxygen atoms in total. The molecule has 112 valence electrons. The largest absolute Gasteiger partial charge is 0.493 e. The molecule has 3 aromatic rings. The van der Waals surface area contributed by atoms with Crippen molar-refractivity contribution >= 4 is 16.9 Å². The number of nitrogens with one attached hydrogen (secondary N) is 1. The van der Waals surface area contributed by atoms with Gasteiger partial charge in [-0.25, -0.2) is 0 Å². The van der Waals surface area contributed by atoms with Crippen molar-refractivity contribution in [1.29, 1.82) is 0 Å². The van der Waals surface area contributed by atoms with Crippen LogP contribution in [-0.4, -0.2) is 18.0 Å². The number of benzene rings is 1. The van der Waals surface area contributed by atoms with Gasteiger partial charge >= 0.3 is 0 Å². The number of nitrogens with zero attached hydrogens (tertiary/aromatic N) is 1. The summed E-state index contributed by atoms with van der Waals surface area (Å²) in [5.41, 5.74) is 1.25. The van der Waals surface area contributed by atoms with E-state index in [0.29, 0.717) is 22.7 Å². The van der Waals surface area contributed by atoms with Crippen molar-refractivity contribution in [3.63, 3.8) is 0 Å². The molecule has 0 unspecified atom stereocenters. The first-order chi connectivity index (χ1) is 10.7. The van der Waals surface area contributed by atoms with Gasteiger partial charge in [0, 0.05) is 23.3 Å². The third kappa shape index (κ3) is 2.65. The Hall–Kier alpha value is -2.82. The van der Waals surface area contributed by atoms with Gasteiger partial charge in [-0.1, -0.05) is 12.1 Å². The fourth-order valence-electron chi connectivity index (χ4n) is 2.28. The molecule has 1 atom stereocenters. The number of fused-ring (bicyclic) bond motifs is 1. The van der Waals surface area contributed by atoms with Gasteiger partial charge in [-0.3, -0.25) is 9.78 Å². The van der Waals surface area contributed by atoms with Crippen molar-refractivity contribution in [3.8, 4) is 5.75 Å². The molecule has 0 saturated carbocycles. The second-order valence-corrected chi connectivity index (χ2v) is 4.96. The predicted octanol–water partition coefficient (Wildman–Crippen LogP) is 3.33. The maximum Gasteiger partial charge on any atom is 0.251 e. The molecule has 2 aromatic heterocycles. The van der Waals surface area contributed by atoms with Crippen LogP contribution in [0.25, 0.3) is 11.0 Å². The number of para-hydroxylation sites is 1. The Morgan fingerprint density at radius 1 is 1.27 bits per heavy atom. The lowest BCUT2D eigenvalue weighted by molar-refractivity contribution is 0.0935. The number of aromatic nitrogens is 1. The molecule has 5 heteroatoms. The van der Waals surface area contributed by atoms with Crippen molar-refractivity contribution in [2.75, 3.05) is 7.11 Å². The number of carbonyl (C=O) groups excluding carboxylic acids is 1. The van der Waals surface area contributed by atoms with Crippen LogP contribution in [-0.2, 0) is 0 Å². The molecule has 0 saturated heterocycles. The average Bonchev–Trinajstić information content (AvgIpc) is 2.99. The van der Waals surface area contributed by atoms with E-state index in [2.05, 4.69) is 10.3 Å². The van der Waals surface area contributed by atoms with Crippen molar-refractivity contribution in [3.05, 3.63) is 60.1 Å². The highest BCUT2D eigenvalue weighted by molar-refractivity contribution is 5.94. The molecule has 1 N–H and O–H groups in total. The summed E-state index contributed by atoms with van der Waals surface area (Å²) in [6, 6.07) is 10.7. The number of rotatable bonds is 4. The van der Waals surface area contributed by atoms with Gasteiger partial charge in [0.1, 0.15) is 5.76 Å². The summed E-state index contributed by atoms with van der Waals surface area (Å²) in [5.74, 6) is 1.20. The third-order valence-electron chi connectivity index (χ3n) is 3.46. The molecule has 0 bridgehead atoms. The van der Waals surface area contributed by atoms with E-state index in [1.165, 1.54) is 0 Å². The molecular weight excluding hydrogens is 280 g/mol. The fourth-order valence-corrected chi connectivity index (χ4v) is 2.28. The monoisotopic (exact) mass is 296 g/mol. The molecule has 1 aromatic carbocycles. The molecule has 0 aliphatic rings. The van der Waals surface area contributed by atoms with E-state index in [1.54, 1.807) is 31.6 Å². The van der Waals surface area contributed by atoms with Crippen molar-refractivity contribution in [1.82, 2.24) is 10.3 Å². The van der Waals surface area contributed by atoms with Gasteiger partial charge in [-0.15, -0.1) is 0 Å². The van der Waals surface area contributed by atoms with Crippen LogP contribution in [0.5, 0.6) is 5.75 Å². The van der Waals surface area contributed by atoms with E-state index in [1.807, 2.05) is 31.2 Å². The zero-order chi connectivity index (χ0) is 15.5. The maximum atomic E-state index is 12.2. The maximum absolute atomic E-state index is 12.2. The molecule has 0 spiro atoms. The van der Waals surface area contributed by atoms with Crippen LogP contribution in [0.2, 0.25) is 0 Å². The van der Waals surface area contributed by atoms with Gasteiger partial charge in [0.25, 0.3) is 5.91 Å². The summed E-state index contributed by atoms with van der Waals surface area (Å²) in [6.07, 6.45) is 3.18. The quantitative estimate of drug-likeness (QED) is 0.802. The Morgan fingerprint density at radius 3 is 2.77 bits per heavy atom. The second-order valence-electron chi connectivity index (χ2n) is 4.96. The highest BCUT2D eigenvalue weighted by Gasteiger charge is 2.16. The summed E-state index contributed by atoms with van der Waals surface area (Å²) < 4.78 is 11.1. The van der Waals surface area contributed by atoms with Crippen LogP contribution in [0.15, 0.2) is 53.2 Å². The Kier molecular flexibility index (Phi) is 3.78. The van der Waals surface area contributed by atoms with Gasteiger partial charge < -0.3 is 14.5 Å². The molecular formula is C17H16N2O3. The number of hydrogen-bond acceptors (Lipinski definition) is 4. The molecule has 2 heterocycles. The van der Waals surface area contributed by atoms with Crippen LogP contribution in [0.1, 0.15) is 29.1 Å². The average molecular weight is 296 g/mol. The van der Waals surface area contributed by atoms with Crippen LogP contribution < -0.4 is 10.1 Å². The van der Waals surface area contributed by atoms with Gasteiger partial charge in [-0.2, -0.15) is 0 Å². The molecule has 0 fully saturated rings. The number of furan rings is 1. The summed E-state index contributed by atoms with van der Waals surface area (Å²) in [6.45, 7) is 1.88. The fraction of sp³-hybridized carbons (Fsp3) is 0.176. The first-order valence-electron chi connectivity index (χ1n) is 6.96. The number of pyridine rings is 1. The number of methoxy groups -OCH3 is 1. The van der Waals surface area contributed by atoms with E-state index in [4.69, 9.17) is 9.15 Å². The van der Waals surface area contributed by atoms with Gasteiger partial charge in [0.15, 0.2) is 11.3 Å². The number of hydrogen-bond donors (Lipinski definition) is 1. The van der Waals surface area contributed by atoms with Crippen LogP contribution in [0, 0.1) is 0 Å². The molecule has 0 aliphatic carbocycles. The predicted molar refractivity (Wildman–Crippen MR) is 82.9 cm³/mol. The topological polar surface area (TPSA) is 64.4 Å². The summed E-state index contributed by atoms with van der Waals surface area (Å²) in [7, 11) is 1.60. The minimum absolute atomic E-state index is 0.165.